The Morgan fingerprint density at radius 1 is 1.53 bits per heavy atom. The van der Waals surface area contributed by atoms with Gasteiger partial charge in [0.25, 0.3) is 0 Å². The molecule has 0 spiro atoms. The van der Waals surface area contributed by atoms with Crippen LogP contribution in [0.2, 0.25) is 0 Å². The van der Waals surface area contributed by atoms with E-state index in [-0.39, 0.29) is 18.0 Å². The first kappa shape index (κ1) is 14.3. The van der Waals surface area contributed by atoms with Crippen LogP contribution in [-0.2, 0) is 11.2 Å². The second-order valence-corrected chi connectivity index (χ2v) is 5.37. The number of Topliss-reactive ketones (excluding diaryl/α,β-unsaturated/α-hetero) is 1. The van der Waals surface area contributed by atoms with E-state index in [1.807, 2.05) is 13.8 Å². The Kier molecular flexibility index (Phi) is 4.83. The molecule has 0 saturated carbocycles. The van der Waals surface area contributed by atoms with Crippen molar-refractivity contribution in [1.82, 2.24) is 0 Å². The third kappa shape index (κ3) is 3.36. The van der Waals surface area contributed by atoms with E-state index in [2.05, 4.69) is 15.9 Å². The van der Waals surface area contributed by atoms with E-state index in [0.29, 0.717) is 23.0 Å². The van der Waals surface area contributed by atoms with E-state index in [1.54, 1.807) is 12.1 Å². The van der Waals surface area contributed by atoms with Crippen LogP contribution in [0, 0.1) is 11.2 Å². The standard InChI is InChI=1S/C13H17BrFNO/c1-3-13(2,8-16)12(17)6-9-4-5-10(14)7-11(9)15/h4-5,7H,3,6,8,16H2,1-2H3. The lowest BCUT2D eigenvalue weighted by atomic mass is 9.80. The Morgan fingerprint density at radius 3 is 2.65 bits per heavy atom. The molecule has 0 aliphatic carbocycles. The first-order valence-corrected chi connectivity index (χ1v) is 6.39. The Balaban J connectivity index is 2.88. The topological polar surface area (TPSA) is 43.1 Å². The van der Waals surface area contributed by atoms with Gasteiger partial charge in [-0.1, -0.05) is 35.8 Å². The molecule has 0 aromatic heterocycles. The predicted molar refractivity (Wildman–Crippen MR) is 70.3 cm³/mol. The molecule has 17 heavy (non-hydrogen) atoms. The summed E-state index contributed by atoms with van der Waals surface area (Å²) in [4.78, 5) is 12.1. The quantitative estimate of drug-likeness (QED) is 0.908. The maximum atomic E-state index is 13.6. The van der Waals surface area contributed by atoms with Gasteiger partial charge in [-0.05, 0) is 24.1 Å². The van der Waals surface area contributed by atoms with E-state index in [1.165, 1.54) is 6.07 Å². The van der Waals surface area contributed by atoms with Crippen LogP contribution in [0.15, 0.2) is 22.7 Å². The minimum Gasteiger partial charge on any atom is -0.329 e. The number of hydrogen-bond acceptors (Lipinski definition) is 2. The molecule has 0 fully saturated rings. The van der Waals surface area contributed by atoms with Crippen LogP contribution in [0.25, 0.3) is 0 Å². The predicted octanol–water partition coefficient (Wildman–Crippen LogP) is 3.07. The number of rotatable bonds is 5. The minimum absolute atomic E-state index is 0.0104. The summed E-state index contributed by atoms with van der Waals surface area (Å²) in [6.45, 7) is 4.04. The van der Waals surface area contributed by atoms with Gasteiger partial charge in [0.15, 0.2) is 0 Å². The molecule has 0 amide bonds. The van der Waals surface area contributed by atoms with E-state index in [4.69, 9.17) is 5.73 Å². The first-order valence-electron chi connectivity index (χ1n) is 5.60. The number of hydrogen-bond donors (Lipinski definition) is 1. The summed E-state index contributed by atoms with van der Waals surface area (Å²) in [6.07, 6.45) is 0.765. The highest BCUT2D eigenvalue weighted by Crippen LogP contribution is 2.24. The molecule has 0 heterocycles. The van der Waals surface area contributed by atoms with Crippen LogP contribution in [0.5, 0.6) is 0 Å². The fourth-order valence-corrected chi connectivity index (χ4v) is 1.84. The van der Waals surface area contributed by atoms with Crippen molar-refractivity contribution in [3.63, 3.8) is 0 Å². The van der Waals surface area contributed by atoms with Gasteiger partial charge in [-0.2, -0.15) is 0 Å². The van der Waals surface area contributed by atoms with Gasteiger partial charge >= 0.3 is 0 Å². The van der Waals surface area contributed by atoms with E-state index < -0.39 is 5.41 Å². The fraction of sp³-hybridized carbons (Fsp3) is 0.462. The normalized spacial score (nSPS) is 14.4. The summed E-state index contributed by atoms with van der Waals surface area (Å²) in [7, 11) is 0. The molecule has 1 rings (SSSR count). The Bertz CT molecular complexity index is 416. The van der Waals surface area contributed by atoms with Crippen molar-refractivity contribution < 1.29 is 9.18 Å². The number of ketones is 1. The highest BCUT2D eigenvalue weighted by molar-refractivity contribution is 9.10. The Morgan fingerprint density at radius 2 is 2.18 bits per heavy atom. The highest BCUT2D eigenvalue weighted by Gasteiger charge is 2.29. The first-order chi connectivity index (χ1) is 7.92. The lowest BCUT2D eigenvalue weighted by Gasteiger charge is -2.24. The molecule has 2 nitrogen and oxygen atoms in total. The minimum atomic E-state index is -0.556. The molecule has 0 saturated heterocycles. The van der Waals surface area contributed by atoms with Gasteiger partial charge in [-0.15, -0.1) is 0 Å². The van der Waals surface area contributed by atoms with E-state index in [9.17, 15) is 9.18 Å². The summed E-state index contributed by atoms with van der Waals surface area (Å²) in [6, 6.07) is 4.73. The maximum absolute atomic E-state index is 13.6. The van der Waals surface area contributed by atoms with Crippen molar-refractivity contribution in [3.05, 3.63) is 34.1 Å². The number of carbonyl (C=O) groups is 1. The van der Waals surface area contributed by atoms with Crippen LogP contribution in [0.4, 0.5) is 4.39 Å². The smallest absolute Gasteiger partial charge is 0.144 e. The maximum Gasteiger partial charge on any atom is 0.144 e. The summed E-state index contributed by atoms with van der Waals surface area (Å²) >= 11 is 3.18. The summed E-state index contributed by atoms with van der Waals surface area (Å²) < 4.78 is 14.3. The van der Waals surface area contributed by atoms with Crippen molar-refractivity contribution in [2.24, 2.45) is 11.1 Å². The number of halogens is 2. The average molecular weight is 302 g/mol. The SMILES string of the molecule is CCC(C)(CN)C(=O)Cc1ccc(Br)cc1F. The molecule has 0 aliphatic rings. The number of benzene rings is 1. The fourth-order valence-electron chi connectivity index (χ4n) is 1.51. The number of nitrogens with two attached hydrogens (primary N) is 1. The van der Waals surface area contributed by atoms with Crippen molar-refractivity contribution >= 4 is 21.7 Å². The monoisotopic (exact) mass is 301 g/mol. The molecule has 4 heteroatoms. The lowest BCUT2D eigenvalue weighted by molar-refractivity contribution is -0.127. The molecular formula is C13H17BrFNO. The van der Waals surface area contributed by atoms with Crippen LogP contribution in [0.1, 0.15) is 25.8 Å². The van der Waals surface area contributed by atoms with Crippen LogP contribution in [0.3, 0.4) is 0 Å². The summed E-state index contributed by atoms with van der Waals surface area (Å²) in [5.74, 6) is -0.369. The average Bonchev–Trinajstić information content (AvgIpc) is 2.31. The summed E-state index contributed by atoms with van der Waals surface area (Å²) in [5.41, 5.74) is 5.48. The molecule has 0 aliphatic heterocycles. The van der Waals surface area contributed by atoms with Gasteiger partial charge in [-0.3, -0.25) is 4.79 Å². The van der Waals surface area contributed by atoms with Crippen molar-refractivity contribution in [1.29, 1.82) is 0 Å². The third-order valence-electron chi connectivity index (χ3n) is 3.27. The molecule has 1 aromatic rings. The molecular weight excluding hydrogens is 285 g/mol. The zero-order chi connectivity index (χ0) is 13.1. The largest absolute Gasteiger partial charge is 0.329 e. The summed E-state index contributed by atoms with van der Waals surface area (Å²) in [5, 5.41) is 0. The van der Waals surface area contributed by atoms with E-state index >= 15 is 0 Å². The van der Waals surface area contributed by atoms with Gasteiger partial charge in [0.2, 0.25) is 0 Å². The van der Waals surface area contributed by atoms with Gasteiger partial charge < -0.3 is 5.73 Å². The molecule has 1 aromatic carbocycles. The number of carbonyl (C=O) groups excluding carboxylic acids is 1. The Labute approximate surface area is 110 Å². The molecule has 2 N–H and O–H groups in total. The van der Waals surface area contributed by atoms with Crippen LogP contribution >= 0.6 is 15.9 Å². The van der Waals surface area contributed by atoms with Crippen LogP contribution < -0.4 is 5.73 Å². The molecule has 1 unspecified atom stereocenters. The van der Waals surface area contributed by atoms with Crippen molar-refractivity contribution in [2.75, 3.05) is 6.54 Å². The molecule has 0 bridgehead atoms. The lowest BCUT2D eigenvalue weighted by Crippen LogP contribution is -2.36. The van der Waals surface area contributed by atoms with Gasteiger partial charge in [0.1, 0.15) is 11.6 Å². The highest BCUT2D eigenvalue weighted by atomic mass is 79.9. The molecule has 1 atom stereocenters. The zero-order valence-corrected chi connectivity index (χ0v) is 11.7. The van der Waals surface area contributed by atoms with Gasteiger partial charge in [0, 0.05) is 22.9 Å². The van der Waals surface area contributed by atoms with Crippen LogP contribution in [-0.4, -0.2) is 12.3 Å². The van der Waals surface area contributed by atoms with Gasteiger partial charge in [0.05, 0.1) is 0 Å². The third-order valence-corrected chi connectivity index (χ3v) is 3.76. The molecule has 94 valence electrons. The molecule has 0 radical (unpaired) electrons. The zero-order valence-electron chi connectivity index (χ0n) is 10.1. The second-order valence-electron chi connectivity index (χ2n) is 4.45. The van der Waals surface area contributed by atoms with Crippen molar-refractivity contribution in [2.45, 2.75) is 26.7 Å². The van der Waals surface area contributed by atoms with Crippen molar-refractivity contribution in [3.8, 4) is 0 Å². The van der Waals surface area contributed by atoms with E-state index in [0.717, 1.165) is 0 Å². The van der Waals surface area contributed by atoms with Gasteiger partial charge in [-0.25, -0.2) is 4.39 Å². The second kappa shape index (κ2) is 5.74. The Hall–Kier alpha value is -0.740.